The van der Waals surface area contributed by atoms with E-state index in [1.54, 1.807) is 0 Å². The van der Waals surface area contributed by atoms with E-state index in [4.69, 9.17) is 34.8 Å². The molecular weight excluding hydrogens is 154 g/mol. The van der Waals surface area contributed by atoms with Crippen LogP contribution in [0.25, 0.3) is 0 Å². The molecule has 1 radical (unpaired) electrons. The normalized spacial score (nSPS) is 11.4. The van der Waals surface area contributed by atoms with Crippen molar-refractivity contribution in [3.8, 4) is 0 Å². The molecule has 0 unspecified atom stereocenters. The average Bonchev–Trinajstić information content (AvgIpc) is 1.61. The maximum absolute atomic E-state index is 5.25. The zero-order valence-corrected chi connectivity index (χ0v) is 5.76. The second-order valence-electron chi connectivity index (χ2n) is 0.839. The molecule has 3 heteroatoms. The highest BCUT2D eigenvalue weighted by Crippen LogP contribution is 2.01. The Morgan fingerprint density at radius 2 is 2.14 bits per heavy atom. The van der Waals surface area contributed by atoms with Crippen LogP contribution in [0, 0.1) is 6.08 Å². The minimum Gasteiger partial charge on any atom is -0.122 e. The first kappa shape index (κ1) is 7.61. The third-order valence-electron chi connectivity index (χ3n) is 0.321. The minimum absolute atomic E-state index is 0.343. The first-order valence-electron chi connectivity index (χ1n) is 1.68. The second-order valence-corrected chi connectivity index (χ2v) is 2.27. The van der Waals surface area contributed by atoms with Crippen molar-refractivity contribution in [3.63, 3.8) is 0 Å². The fourth-order valence-electron chi connectivity index (χ4n) is 0.134. The Bertz CT molecular complexity index is 58.0. The number of hydrogen-bond acceptors (Lipinski definition) is 0. The Morgan fingerprint density at radius 3 is 2.29 bits per heavy atom. The number of hydrogen-bond donors (Lipinski definition) is 0. The minimum atomic E-state index is -0.473. The number of alkyl halides is 3. The molecule has 0 N–H and O–H groups in total. The van der Waals surface area contributed by atoms with Crippen LogP contribution in [-0.2, 0) is 0 Å². The zero-order chi connectivity index (χ0) is 5.70. The summed E-state index contributed by atoms with van der Waals surface area (Å²) in [6.45, 7) is 0. The predicted octanol–water partition coefficient (Wildman–Crippen LogP) is 2.39. The van der Waals surface area contributed by atoms with Crippen LogP contribution in [0.4, 0.5) is 0 Å². The Kier molecular flexibility index (Phi) is 5.18. The largest absolute Gasteiger partial charge is 0.126 e. The summed E-state index contributed by atoms with van der Waals surface area (Å²) >= 11 is 15.7. The topological polar surface area (TPSA) is 0 Å². The highest BCUT2D eigenvalue weighted by atomic mass is 35.5. The molecule has 0 aromatic carbocycles. The fourth-order valence-corrected chi connectivity index (χ4v) is 0.401. The summed E-state index contributed by atoms with van der Waals surface area (Å²) in [5, 5.41) is 0. The smallest absolute Gasteiger partial charge is 0.122 e. The van der Waals surface area contributed by atoms with Gasteiger partial charge in [-0.3, -0.25) is 0 Å². The average molecular weight is 158 g/mol. The van der Waals surface area contributed by atoms with Gasteiger partial charge >= 0.3 is 0 Å². The Balaban J connectivity index is 3.08. The lowest BCUT2D eigenvalue weighted by molar-refractivity contribution is 1.51. The monoisotopic (exact) mass is 157 g/mol. The maximum atomic E-state index is 5.25. The van der Waals surface area contributed by atoms with Crippen LogP contribution in [0.5, 0.6) is 0 Å². The summed E-state index contributed by atoms with van der Waals surface area (Å²) in [7, 11) is 0. The van der Waals surface area contributed by atoms with Gasteiger partial charge in [-0.15, -0.1) is 34.8 Å². The van der Waals surface area contributed by atoms with Crippen molar-refractivity contribution >= 4 is 34.8 Å². The molecule has 0 nitrogen and oxygen atoms in total. The molecule has 0 atom stereocenters. The molecule has 0 spiro atoms. The SMILES string of the molecule is ClC[C]=CC(Cl)Cl. The van der Waals surface area contributed by atoms with Gasteiger partial charge in [0.2, 0.25) is 0 Å². The van der Waals surface area contributed by atoms with Crippen LogP contribution in [0.1, 0.15) is 0 Å². The molecule has 0 saturated heterocycles. The summed E-state index contributed by atoms with van der Waals surface area (Å²) in [6, 6.07) is 0. The van der Waals surface area contributed by atoms with Gasteiger partial charge in [-0.25, -0.2) is 0 Å². The molecule has 0 rings (SSSR count). The van der Waals surface area contributed by atoms with Crippen molar-refractivity contribution in [3.05, 3.63) is 12.2 Å². The van der Waals surface area contributed by atoms with E-state index < -0.39 is 4.84 Å². The number of halogens is 3. The van der Waals surface area contributed by atoms with E-state index in [0.29, 0.717) is 5.88 Å². The van der Waals surface area contributed by atoms with Crippen molar-refractivity contribution in [2.24, 2.45) is 0 Å². The Hall–Kier alpha value is 0.610. The van der Waals surface area contributed by atoms with Crippen molar-refractivity contribution in [1.29, 1.82) is 0 Å². The fraction of sp³-hybridized carbons (Fsp3) is 0.500. The first-order chi connectivity index (χ1) is 3.27. The van der Waals surface area contributed by atoms with Gasteiger partial charge in [-0.1, -0.05) is 0 Å². The summed E-state index contributed by atoms with van der Waals surface area (Å²) in [5.41, 5.74) is 0. The summed E-state index contributed by atoms with van der Waals surface area (Å²) in [4.78, 5) is -0.473. The van der Waals surface area contributed by atoms with Gasteiger partial charge in [0, 0.05) is 5.88 Å². The second kappa shape index (κ2) is 4.76. The van der Waals surface area contributed by atoms with Crippen molar-refractivity contribution in [1.82, 2.24) is 0 Å². The lowest BCUT2D eigenvalue weighted by Crippen LogP contribution is -1.75. The quantitative estimate of drug-likeness (QED) is 0.541. The molecule has 0 aliphatic heterocycles. The number of rotatable bonds is 2. The molecule has 0 aromatic heterocycles. The van der Waals surface area contributed by atoms with Gasteiger partial charge in [-0.2, -0.15) is 0 Å². The molecule has 0 amide bonds. The van der Waals surface area contributed by atoms with E-state index in [9.17, 15) is 0 Å². The molecule has 41 valence electrons. The van der Waals surface area contributed by atoms with E-state index in [1.807, 2.05) is 0 Å². The highest BCUT2D eigenvalue weighted by molar-refractivity contribution is 6.45. The van der Waals surface area contributed by atoms with Gasteiger partial charge in [0.15, 0.2) is 0 Å². The van der Waals surface area contributed by atoms with E-state index in [0.717, 1.165) is 0 Å². The maximum Gasteiger partial charge on any atom is 0.126 e. The van der Waals surface area contributed by atoms with Crippen molar-refractivity contribution in [2.75, 3.05) is 5.88 Å². The molecule has 7 heavy (non-hydrogen) atoms. The van der Waals surface area contributed by atoms with Crippen LogP contribution in [0.3, 0.4) is 0 Å². The van der Waals surface area contributed by atoms with E-state index in [1.165, 1.54) is 6.08 Å². The van der Waals surface area contributed by atoms with Crippen LogP contribution in [0.15, 0.2) is 6.08 Å². The molecule has 0 saturated carbocycles. The van der Waals surface area contributed by atoms with Crippen LogP contribution in [-0.4, -0.2) is 10.7 Å². The standard InChI is InChI=1S/C4H4Cl3/c5-3-1-2-4(6)7/h2,4H,3H2. The van der Waals surface area contributed by atoms with Crippen LogP contribution < -0.4 is 0 Å². The van der Waals surface area contributed by atoms with E-state index in [-0.39, 0.29) is 0 Å². The van der Waals surface area contributed by atoms with Gasteiger partial charge in [0.1, 0.15) is 4.84 Å². The molecule has 0 fully saturated rings. The predicted molar refractivity (Wildman–Crippen MR) is 34.0 cm³/mol. The number of allylic oxidation sites excluding steroid dienone is 2. The molecular formula is C4H4Cl3. The van der Waals surface area contributed by atoms with Gasteiger partial charge < -0.3 is 0 Å². The third kappa shape index (κ3) is 6.61. The van der Waals surface area contributed by atoms with E-state index in [2.05, 4.69) is 6.08 Å². The lowest BCUT2D eigenvalue weighted by Gasteiger charge is -1.82. The van der Waals surface area contributed by atoms with Crippen molar-refractivity contribution in [2.45, 2.75) is 4.84 Å². The van der Waals surface area contributed by atoms with Gasteiger partial charge in [-0.05, 0) is 12.2 Å². The molecule has 0 aliphatic rings. The first-order valence-corrected chi connectivity index (χ1v) is 3.09. The van der Waals surface area contributed by atoms with Crippen LogP contribution in [0.2, 0.25) is 0 Å². The molecule has 0 aromatic rings. The summed E-state index contributed by atoms with van der Waals surface area (Å²) in [5.74, 6) is 0.343. The molecule has 0 aliphatic carbocycles. The zero-order valence-electron chi connectivity index (χ0n) is 3.50. The van der Waals surface area contributed by atoms with Gasteiger partial charge in [0.25, 0.3) is 0 Å². The summed E-state index contributed by atoms with van der Waals surface area (Å²) < 4.78 is 0. The molecule has 0 heterocycles. The Labute approximate surface area is 58.1 Å². The summed E-state index contributed by atoms with van der Waals surface area (Å²) in [6.07, 6.45) is 4.12. The van der Waals surface area contributed by atoms with Gasteiger partial charge in [0.05, 0.1) is 0 Å². The highest BCUT2D eigenvalue weighted by Gasteiger charge is 1.85. The Morgan fingerprint density at radius 1 is 1.57 bits per heavy atom. The van der Waals surface area contributed by atoms with Crippen LogP contribution >= 0.6 is 34.8 Å². The third-order valence-corrected chi connectivity index (χ3v) is 0.727. The lowest BCUT2D eigenvalue weighted by atomic mass is 10.6. The van der Waals surface area contributed by atoms with Crippen molar-refractivity contribution < 1.29 is 0 Å². The van der Waals surface area contributed by atoms with E-state index >= 15 is 0 Å². The molecule has 0 bridgehead atoms.